The lowest BCUT2D eigenvalue weighted by molar-refractivity contribution is 0.620. The number of hydrogen-bond acceptors (Lipinski definition) is 1. The van der Waals surface area contributed by atoms with Gasteiger partial charge in [0.2, 0.25) is 0 Å². The molecule has 1 atom stereocenters. The lowest BCUT2D eigenvalue weighted by Crippen LogP contribution is -2.25. The Morgan fingerprint density at radius 1 is 1.19 bits per heavy atom. The Hall–Kier alpha value is -0.500. The summed E-state index contributed by atoms with van der Waals surface area (Å²) >= 11 is 12.1. The number of rotatable bonds is 0. The SMILES string of the molecule is NC1CCCC2=C1Cc1cc(Cl)c(Cl)cc12. The summed E-state index contributed by atoms with van der Waals surface area (Å²) in [5.74, 6) is 0. The van der Waals surface area contributed by atoms with E-state index in [0.29, 0.717) is 10.0 Å². The molecule has 0 saturated carbocycles. The molecule has 0 heterocycles. The predicted octanol–water partition coefficient (Wildman–Crippen LogP) is 3.81. The highest BCUT2D eigenvalue weighted by Crippen LogP contribution is 2.43. The molecule has 84 valence electrons. The molecule has 16 heavy (non-hydrogen) atoms. The zero-order chi connectivity index (χ0) is 11.3. The van der Waals surface area contributed by atoms with Crippen LogP contribution in [-0.2, 0) is 6.42 Å². The van der Waals surface area contributed by atoms with Crippen LogP contribution in [0.5, 0.6) is 0 Å². The van der Waals surface area contributed by atoms with Crippen molar-refractivity contribution in [2.45, 2.75) is 31.7 Å². The van der Waals surface area contributed by atoms with Crippen LogP contribution in [0.4, 0.5) is 0 Å². The van der Waals surface area contributed by atoms with Crippen molar-refractivity contribution in [2.75, 3.05) is 0 Å². The molecular weight excluding hydrogens is 241 g/mol. The molecule has 0 aromatic heterocycles. The van der Waals surface area contributed by atoms with Gasteiger partial charge in [0.1, 0.15) is 0 Å². The second-order valence-electron chi connectivity index (χ2n) is 4.60. The van der Waals surface area contributed by atoms with Crippen LogP contribution in [0, 0.1) is 0 Å². The molecule has 1 nitrogen and oxygen atoms in total. The average Bonchev–Trinajstić information content (AvgIpc) is 2.59. The van der Waals surface area contributed by atoms with E-state index in [-0.39, 0.29) is 6.04 Å². The molecule has 2 aliphatic carbocycles. The van der Waals surface area contributed by atoms with Crippen LogP contribution >= 0.6 is 23.2 Å². The van der Waals surface area contributed by atoms with E-state index in [4.69, 9.17) is 28.9 Å². The summed E-state index contributed by atoms with van der Waals surface area (Å²) in [5.41, 5.74) is 11.5. The van der Waals surface area contributed by atoms with Crippen LogP contribution in [0.1, 0.15) is 30.4 Å². The van der Waals surface area contributed by atoms with Gasteiger partial charge in [0.05, 0.1) is 10.0 Å². The van der Waals surface area contributed by atoms with E-state index in [1.54, 1.807) is 0 Å². The van der Waals surface area contributed by atoms with Crippen molar-refractivity contribution in [3.63, 3.8) is 0 Å². The first-order valence-corrected chi connectivity index (χ1v) is 6.38. The maximum atomic E-state index is 6.15. The molecule has 3 rings (SSSR count). The lowest BCUT2D eigenvalue weighted by Gasteiger charge is -2.21. The Balaban J connectivity index is 2.13. The van der Waals surface area contributed by atoms with Gasteiger partial charge >= 0.3 is 0 Å². The third kappa shape index (κ3) is 1.50. The highest BCUT2D eigenvalue weighted by molar-refractivity contribution is 6.42. The van der Waals surface area contributed by atoms with Crippen molar-refractivity contribution in [3.8, 4) is 0 Å². The van der Waals surface area contributed by atoms with Crippen molar-refractivity contribution in [1.82, 2.24) is 0 Å². The van der Waals surface area contributed by atoms with Gasteiger partial charge in [0.25, 0.3) is 0 Å². The van der Waals surface area contributed by atoms with E-state index in [1.807, 2.05) is 12.1 Å². The van der Waals surface area contributed by atoms with Crippen LogP contribution in [0.2, 0.25) is 10.0 Å². The Bertz CT molecular complexity index is 491. The topological polar surface area (TPSA) is 26.0 Å². The van der Waals surface area contributed by atoms with Crippen LogP contribution in [0.3, 0.4) is 0 Å². The van der Waals surface area contributed by atoms with E-state index in [9.17, 15) is 0 Å². The van der Waals surface area contributed by atoms with E-state index >= 15 is 0 Å². The number of benzene rings is 1. The lowest BCUT2D eigenvalue weighted by atomic mass is 9.88. The maximum absolute atomic E-state index is 6.15. The number of nitrogens with two attached hydrogens (primary N) is 1. The first-order chi connectivity index (χ1) is 7.66. The zero-order valence-corrected chi connectivity index (χ0v) is 10.4. The fraction of sp³-hybridized carbons (Fsp3) is 0.385. The number of fused-ring (bicyclic) bond motifs is 2. The molecule has 0 bridgehead atoms. The Morgan fingerprint density at radius 3 is 2.75 bits per heavy atom. The third-order valence-electron chi connectivity index (χ3n) is 3.63. The summed E-state index contributed by atoms with van der Waals surface area (Å²) < 4.78 is 0. The van der Waals surface area contributed by atoms with Crippen LogP contribution in [-0.4, -0.2) is 6.04 Å². The largest absolute Gasteiger partial charge is 0.324 e. The molecule has 1 unspecified atom stereocenters. The van der Waals surface area contributed by atoms with Gasteiger partial charge in [-0.15, -0.1) is 0 Å². The smallest absolute Gasteiger partial charge is 0.0598 e. The summed E-state index contributed by atoms with van der Waals surface area (Å²) in [6.45, 7) is 0. The van der Waals surface area contributed by atoms with Gasteiger partial charge in [0, 0.05) is 6.04 Å². The molecule has 3 heteroatoms. The molecule has 2 N–H and O–H groups in total. The molecule has 0 radical (unpaired) electrons. The van der Waals surface area contributed by atoms with E-state index in [2.05, 4.69) is 0 Å². The van der Waals surface area contributed by atoms with E-state index < -0.39 is 0 Å². The first-order valence-electron chi connectivity index (χ1n) is 5.62. The van der Waals surface area contributed by atoms with E-state index in [0.717, 1.165) is 19.3 Å². The molecule has 2 aliphatic rings. The first kappa shape index (κ1) is 10.6. The normalized spacial score (nSPS) is 23.3. The standard InChI is InChI=1S/C13H13Cl2N/c14-11-5-7-4-10-8(2-1-3-13(10)16)9(7)6-12(11)15/h5-6,13H,1-4,16H2. The highest BCUT2D eigenvalue weighted by atomic mass is 35.5. The predicted molar refractivity (Wildman–Crippen MR) is 68.9 cm³/mol. The summed E-state index contributed by atoms with van der Waals surface area (Å²) in [5, 5.41) is 1.29. The molecule has 0 fully saturated rings. The molecule has 0 spiro atoms. The molecule has 0 amide bonds. The molecule has 0 saturated heterocycles. The summed E-state index contributed by atoms with van der Waals surface area (Å²) in [6, 6.07) is 4.22. The maximum Gasteiger partial charge on any atom is 0.0598 e. The molecular formula is C13H13Cl2N. The number of halogens is 2. The van der Waals surface area contributed by atoms with Crippen molar-refractivity contribution in [1.29, 1.82) is 0 Å². The minimum atomic E-state index is 0.230. The quantitative estimate of drug-likeness (QED) is 0.748. The van der Waals surface area contributed by atoms with E-state index in [1.165, 1.54) is 28.7 Å². The highest BCUT2D eigenvalue weighted by Gasteiger charge is 2.28. The van der Waals surface area contributed by atoms with Gasteiger partial charge in [0.15, 0.2) is 0 Å². The molecule has 0 aliphatic heterocycles. The van der Waals surface area contributed by atoms with Gasteiger partial charge in [-0.3, -0.25) is 0 Å². The van der Waals surface area contributed by atoms with Gasteiger partial charge in [-0.2, -0.15) is 0 Å². The minimum absolute atomic E-state index is 0.230. The van der Waals surface area contributed by atoms with Gasteiger partial charge in [-0.05, 0) is 60.1 Å². The van der Waals surface area contributed by atoms with Crippen molar-refractivity contribution < 1.29 is 0 Å². The molecule has 1 aromatic rings. The number of allylic oxidation sites excluding steroid dienone is 1. The summed E-state index contributed by atoms with van der Waals surface area (Å²) in [6.07, 6.45) is 4.38. The molecule has 1 aromatic carbocycles. The second kappa shape index (κ2) is 3.76. The summed E-state index contributed by atoms with van der Waals surface area (Å²) in [7, 11) is 0. The second-order valence-corrected chi connectivity index (χ2v) is 5.42. The van der Waals surface area contributed by atoms with Crippen LogP contribution < -0.4 is 5.73 Å². The minimum Gasteiger partial charge on any atom is -0.324 e. The third-order valence-corrected chi connectivity index (χ3v) is 4.35. The fourth-order valence-electron chi connectivity index (χ4n) is 2.82. The van der Waals surface area contributed by atoms with Crippen molar-refractivity contribution in [2.24, 2.45) is 5.73 Å². The van der Waals surface area contributed by atoms with Crippen molar-refractivity contribution in [3.05, 3.63) is 38.9 Å². The monoisotopic (exact) mass is 253 g/mol. The van der Waals surface area contributed by atoms with Gasteiger partial charge in [-0.25, -0.2) is 0 Å². The number of hydrogen-bond donors (Lipinski definition) is 1. The Labute approximate surface area is 105 Å². The summed E-state index contributed by atoms with van der Waals surface area (Å²) in [4.78, 5) is 0. The van der Waals surface area contributed by atoms with Crippen molar-refractivity contribution >= 4 is 28.8 Å². The van der Waals surface area contributed by atoms with Gasteiger partial charge in [-0.1, -0.05) is 23.2 Å². The van der Waals surface area contributed by atoms with Gasteiger partial charge < -0.3 is 5.73 Å². The fourth-order valence-corrected chi connectivity index (χ4v) is 3.17. The van der Waals surface area contributed by atoms with Crippen LogP contribution in [0.25, 0.3) is 5.57 Å². The Kier molecular flexibility index (Phi) is 2.50. The Morgan fingerprint density at radius 2 is 1.94 bits per heavy atom. The average molecular weight is 254 g/mol. The zero-order valence-electron chi connectivity index (χ0n) is 8.89. The van der Waals surface area contributed by atoms with Crippen LogP contribution in [0.15, 0.2) is 17.7 Å².